The van der Waals surface area contributed by atoms with Crippen molar-refractivity contribution in [1.82, 2.24) is 0 Å². The van der Waals surface area contributed by atoms with Crippen molar-refractivity contribution in [2.75, 3.05) is 0 Å². The molecule has 724 valence electrons. The lowest BCUT2D eigenvalue weighted by atomic mass is 9.66. The molecule has 0 spiro atoms. The van der Waals surface area contributed by atoms with Gasteiger partial charge in [0, 0.05) is 34.0 Å². The molecule has 0 unspecified atom stereocenters. The van der Waals surface area contributed by atoms with Crippen LogP contribution in [0.15, 0.2) is 425 Å². The third-order valence-electron chi connectivity index (χ3n) is 29.9. The Morgan fingerprint density at radius 2 is 0.316 bits per heavy atom. The summed E-state index contributed by atoms with van der Waals surface area (Å²) in [7, 11) is 0. The second kappa shape index (κ2) is 56.1. The summed E-state index contributed by atoms with van der Waals surface area (Å²) in [5.41, 5.74) is 17.2. The molecular weight excluding hydrogens is 1630 g/mol. The van der Waals surface area contributed by atoms with Gasteiger partial charge in [-0.1, -0.05) is 646 Å². The summed E-state index contributed by atoms with van der Waals surface area (Å²) >= 11 is 0. The molecule has 0 nitrogen and oxygen atoms in total. The lowest BCUT2D eigenvalue weighted by Gasteiger charge is -2.37. The Bertz CT molecular complexity index is 5130. The van der Waals surface area contributed by atoms with Crippen LogP contribution in [0.25, 0.3) is 0 Å². The van der Waals surface area contributed by atoms with Crippen LogP contribution in [0.4, 0.5) is 0 Å². The van der Waals surface area contributed by atoms with Crippen LogP contribution < -0.4 is 0 Å². The van der Waals surface area contributed by atoms with Gasteiger partial charge in [0.2, 0.25) is 0 Å². The minimum Gasteiger partial charge on any atom is -0.0648 e. The van der Waals surface area contributed by atoms with Gasteiger partial charge >= 0.3 is 0 Å². The van der Waals surface area contributed by atoms with E-state index in [9.17, 15) is 0 Å². The van der Waals surface area contributed by atoms with Gasteiger partial charge in [-0.2, -0.15) is 0 Å². The SMILES string of the molecule is CCC(C)(c1ccccc1)c1ccccc1.CCC(C)(c1ccccc1)c1ccccc1.CC[C@@H](C)c1ccccc1.CC[C@H](C)c1ccccc1.C[C@@H](c1ccccc1)C(C)(c1ccccc1)c1ccccc1.C[C@H](c1ccccc1)C(C)(c1ccccc1)c1ccccc1.C[C@H](c1ccccc1)[C@@H](C)c1ccccc1.[2H]C([2H])([2H])C(C)(C)C(C)(C)C.[2H]C([2H])([2H])C(C)(C)C(C)(C)C.[2H]C([2H])([2H])C(C)(C)C(C)(C)C. The lowest BCUT2D eigenvalue weighted by Crippen LogP contribution is -2.30. The van der Waals surface area contributed by atoms with Crippen molar-refractivity contribution in [3.8, 4) is 0 Å². The first-order chi connectivity index (χ1) is 68.0. The first-order valence-electron chi connectivity index (χ1n) is 54.7. The van der Waals surface area contributed by atoms with Crippen LogP contribution in [-0.4, -0.2) is 0 Å². The maximum atomic E-state index is 7.32. The number of hydrogen-bond acceptors (Lipinski definition) is 0. The van der Waals surface area contributed by atoms with E-state index in [1.807, 2.05) is 62.3 Å². The second-order valence-corrected chi connectivity index (χ2v) is 42.4. The maximum absolute atomic E-state index is 7.32. The molecule has 14 aromatic carbocycles. The third-order valence-corrected chi connectivity index (χ3v) is 29.9. The van der Waals surface area contributed by atoms with Gasteiger partial charge in [-0.3, -0.25) is 0 Å². The van der Waals surface area contributed by atoms with Crippen molar-refractivity contribution >= 4 is 0 Å². The van der Waals surface area contributed by atoms with E-state index >= 15 is 0 Å². The summed E-state index contributed by atoms with van der Waals surface area (Å²) in [5, 5.41) is 0. The summed E-state index contributed by atoms with van der Waals surface area (Å²) in [5.74, 6) is 3.31. The van der Waals surface area contributed by atoms with Crippen molar-refractivity contribution in [1.29, 1.82) is 0 Å². The van der Waals surface area contributed by atoms with Gasteiger partial charge in [0.05, 0.1) is 0 Å². The van der Waals surface area contributed by atoms with E-state index < -0.39 is 36.8 Å². The quantitative estimate of drug-likeness (QED) is 0.0673. The summed E-state index contributed by atoms with van der Waals surface area (Å²) < 4.78 is 65.9. The van der Waals surface area contributed by atoms with Crippen molar-refractivity contribution < 1.29 is 12.3 Å². The molecule has 0 heterocycles. The predicted octanol–water partition coefficient (Wildman–Crippen LogP) is 40.6. The summed E-state index contributed by atoms with van der Waals surface area (Å²) in [6.07, 6.45) is 4.68. The minimum absolute atomic E-state index is 0.0517. The highest BCUT2D eigenvalue weighted by Gasteiger charge is 2.38. The molecule has 0 heteroatoms. The van der Waals surface area contributed by atoms with Crippen LogP contribution >= 0.6 is 0 Å². The van der Waals surface area contributed by atoms with E-state index in [1.165, 1.54) is 90.7 Å². The zero-order chi connectivity index (χ0) is 108. The molecule has 14 aromatic rings. The summed E-state index contributed by atoms with van der Waals surface area (Å²) in [6, 6.07) is 151. The fraction of sp³-hybridized carbons (Fsp3) is 0.382. The molecule has 0 saturated carbocycles. The topological polar surface area (TPSA) is 0 Å². The highest BCUT2D eigenvalue weighted by atomic mass is 14.4. The molecule has 0 aliphatic heterocycles. The number of rotatable bonds is 21. The smallest absolute Gasteiger partial charge is 0.0240 e. The first-order valence-corrected chi connectivity index (χ1v) is 50.2. The molecule has 0 aliphatic rings. The minimum atomic E-state index is -1.87. The molecule has 0 aliphatic carbocycles. The van der Waals surface area contributed by atoms with Crippen LogP contribution in [0.1, 0.15) is 373 Å². The van der Waals surface area contributed by atoms with Crippen LogP contribution in [-0.2, 0) is 21.7 Å². The molecule has 0 amide bonds. The van der Waals surface area contributed by atoms with Crippen molar-refractivity contribution in [2.24, 2.45) is 32.5 Å². The van der Waals surface area contributed by atoms with Gasteiger partial charge in [-0.15, -0.1) is 0 Å². The molecule has 0 fully saturated rings. The lowest BCUT2D eigenvalue weighted by molar-refractivity contribution is 0.157. The predicted molar refractivity (Wildman–Crippen MR) is 604 cm³/mol. The van der Waals surface area contributed by atoms with Gasteiger partial charge in [0.15, 0.2) is 0 Å². The fourth-order valence-corrected chi connectivity index (χ4v) is 15.1. The van der Waals surface area contributed by atoms with Crippen molar-refractivity contribution in [3.05, 3.63) is 503 Å². The third kappa shape index (κ3) is 35.9. The Morgan fingerprint density at radius 3 is 0.449 bits per heavy atom. The fourth-order valence-electron chi connectivity index (χ4n) is 15.1. The molecule has 0 radical (unpaired) electrons. The maximum Gasteiger partial charge on any atom is 0.0240 e. The second-order valence-electron chi connectivity index (χ2n) is 42.4. The highest BCUT2D eigenvalue weighted by molar-refractivity contribution is 5.47. The van der Waals surface area contributed by atoms with Gasteiger partial charge in [-0.05, 0) is 172 Å². The van der Waals surface area contributed by atoms with Crippen LogP contribution in [0.2, 0.25) is 0 Å². The average molecular weight is 1820 g/mol. The van der Waals surface area contributed by atoms with Gasteiger partial charge in [0.1, 0.15) is 0 Å². The van der Waals surface area contributed by atoms with Crippen LogP contribution in [0.3, 0.4) is 0 Å². The Labute approximate surface area is 846 Å². The van der Waals surface area contributed by atoms with Crippen LogP contribution in [0, 0.1) is 32.5 Å². The number of hydrogen-bond donors (Lipinski definition) is 0. The molecule has 0 N–H and O–H groups in total. The van der Waals surface area contributed by atoms with Crippen molar-refractivity contribution in [2.45, 2.75) is 304 Å². The Morgan fingerprint density at radius 1 is 0.176 bits per heavy atom. The zero-order valence-electron chi connectivity index (χ0n) is 98.2. The van der Waals surface area contributed by atoms with Gasteiger partial charge in [0.25, 0.3) is 0 Å². The highest BCUT2D eigenvalue weighted by Crippen LogP contribution is 2.47. The number of benzene rings is 14. The van der Waals surface area contributed by atoms with E-state index in [0.717, 1.165) is 12.8 Å². The molecule has 136 heavy (non-hydrogen) atoms. The van der Waals surface area contributed by atoms with E-state index in [2.05, 4.69) is 522 Å². The van der Waals surface area contributed by atoms with Crippen LogP contribution in [0.5, 0.6) is 0 Å². The Balaban J connectivity index is 0.000000287. The summed E-state index contributed by atoms with van der Waals surface area (Å²) in [6.45, 7) is 54.8. The molecular formula is C136H180. The van der Waals surface area contributed by atoms with Gasteiger partial charge < -0.3 is 0 Å². The molecule has 14 rings (SSSR count). The van der Waals surface area contributed by atoms with E-state index in [4.69, 9.17) is 12.3 Å². The molecule has 0 bridgehead atoms. The molecule has 0 aromatic heterocycles. The van der Waals surface area contributed by atoms with E-state index in [0.29, 0.717) is 35.5 Å². The zero-order valence-corrected chi connectivity index (χ0v) is 89.2. The van der Waals surface area contributed by atoms with E-state index in [1.54, 1.807) is 41.5 Å². The average Bonchev–Trinajstić information content (AvgIpc) is 0.764. The first kappa shape index (κ1) is 101. The van der Waals surface area contributed by atoms with Crippen molar-refractivity contribution in [3.63, 3.8) is 0 Å². The Kier molecular flexibility index (Phi) is 41.6. The normalized spacial score (nSPS) is 14.2. The van der Waals surface area contributed by atoms with Gasteiger partial charge in [-0.25, -0.2) is 0 Å². The monoisotopic (exact) mass is 1820 g/mol. The Hall–Kier alpha value is -10.9. The standard InChI is InChI=1S/2C22H22.3C16H18.2C10H14.3C8H18/c2*1-18(19-12-6-3-7-13-19)22(2,20-14-8-4-9-15-20)21-16-10-5-11-17-21;1-13(15-9-5-3-6-10-15)14(2)16-11-7-4-8-12-16;2*1-3-16(2,14-10-6-4-7-11-14)15-12-8-5-9-13-15;2*1-3-9(2)10-7-5-4-6-8-10;3*1-7(2,3)8(4,5)6/h2*3-18H,1-2H3;3-14H,1-2H3;2*4-13H,3H2,1-2H3;2*4-9H,3H2,1-2H3;3*1-6H3/t2*18-;13-,14+;;;2*9-;;;/m10...10.../s1/i;;;;;;;3*1D3. The van der Waals surface area contributed by atoms with E-state index in [-0.39, 0.29) is 37.9 Å². The molecule has 0 saturated heterocycles. The largest absolute Gasteiger partial charge is 0.0648 e. The summed E-state index contributed by atoms with van der Waals surface area (Å²) in [4.78, 5) is 0. The molecule has 6 atom stereocenters.